The number of aryl methyl sites for hydroxylation is 1. The second-order valence-electron chi connectivity index (χ2n) is 3.42. The van der Waals surface area contributed by atoms with Crippen LogP contribution in [0, 0.1) is 6.92 Å². The Balaban J connectivity index is 2.86. The topological polar surface area (TPSA) is 56.5 Å². The van der Waals surface area contributed by atoms with Gasteiger partial charge in [-0.1, -0.05) is 12.1 Å². The lowest BCUT2D eigenvalue weighted by atomic mass is 10.1. The molecule has 0 saturated carbocycles. The average molecular weight is 218 g/mol. The van der Waals surface area contributed by atoms with E-state index in [4.69, 9.17) is 9.15 Å². The van der Waals surface area contributed by atoms with Crippen molar-refractivity contribution in [1.29, 1.82) is 0 Å². The second-order valence-corrected chi connectivity index (χ2v) is 3.42. The third-order valence-electron chi connectivity index (χ3n) is 2.48. The Hall–Kier alpha value is -2.10. The summed E-state index contributed by atoms with van der Waals surface area (Å²) in [5, 5.41) is 0.766. The summed E-state index contributed by atoms with van der Waals surface area (Å²) >= 11 is 0. The van der Waals surface area contributed by atoms with Crippen molar-refractivity contribution in [1.82, 2.24) is 0 Å². The Morgan fingerprint density at radius 1 is 1.38 bits per heavy atom. The van der Waals surface area contributed by atoms with E-state index < -0.39 is 5.63 Å². The standard InChI is InChI=1S/C12H10O4/c1-7-9-4-3-8(6-13)5-10(9)16-12(14)11(7)15-2/h3-6H,1-2H3. The zero-order valence-corrected chi connectivity index (χ0v) is 8.94. The Labute approximate surface area is 91.4 Å². The maximum Gasteiger partial charge on any atom is 0.379 e. The van der Waals surface area contributed by atoms with E-state index in [2.05, 4.69) is 0 Å². The summed E-state index contributed by atoms with van der Waals surface area (Å²) in [6.45, 7) is 1.78. The van der Waals surface area contributed by atoms with Crippen molar-refractivity contribution in [2.75, 3.05) is 7.11 Å². The normalized spacial score (nSPS) is 10.4. The molecule has 0 fully saturated rings. The van der Waals surface area contributed by atoms with Crippen LogP contribution in [0.15, 0.2) is 27.4 Å². The Kier molecular flexibility index (Phi) is 2.48. The molecule has 82 valence electrons. The highest BCUT2D eigenvalue weighted by Crippen LogP contribution is 2.23. The molecule has 0 aliphatic carbocycles. The number of fused-ring (bicyclic) bond motifs is 1. The first-order valence-corrected chi connectivity index (χ1v) is 4.74. The van der Waals surface area contributed by atoms with Crippen molar-refractivity contribution in [2.45, 2.75) is 6.92 Å². The van der Waals surface area contributed by atoms with Gasteiger partial charge in [-0.05, 0) is 13.0 Å². The van der Waals surface area contributed by atoms with Crippen LogP contribution in [0.1, 0.15) is 15.9 Å². The van der Waals surface area contributed by atoms with Gasteiger partial charge in [-0.15, -0.1) is 0 Å². The Morgan fingerprint density at radius 2 is 2.12 bits per heavy atom. The summed E-state index contributed by atoms with van der Waals surface area (Å²) < 4.78 is 10.0. The van der Waals surface area contributed by atoms with Crippen LogP contribution in [-0.2, 0) is 0 Å². The minimum atomic E-state index is -0.532. The molecule has 0 atom stereocenters. The van der Waals surface area contributed by atoms with Crippen LogP contribution < -0.4 is 10.4 Å². The van der Waals surface area contributed by atoms with Gasteiger partial charge in [0.05, 0.1) is 7.11 Å². The van der Waals surface area contributed by atoms with E-state index in [1.165, 1.54) is 13.2 Å². The number of hydrogen-bond acceptors (Lipinski definition) is 4. The zero-order chi connectivity index (χ0) is 11.7. The summed E-state index contributed by atoms with van der Waals surface area (Å²) in [7, 11) is 1.42. The fraction of sp³-hybridized carbons (Fsp3) is 0.167. The largest absolute Gasteiger partial charge is 0.490 e. The van der Waals surface area contributed by atoms with Crippen molar-refractivity contribution < 1.29 is 13.9 Å². The van der Waals surface area contributed by atoms with Crippen LogP contribution in [0.4, 0.5) is 0 Å². The van der Waals surface area contributed by atoms with Gasteiger partial charge in [-0.3, -0.25) is 4.79 Å². The lowest BCUT2D eigenvalue weighted by Crippen LogP contribution is -2.06. The van der Waals surface area contributed by atoms with E-state index in [1.54, 1.807) is 19.1 Å². The van der Waals surface area contributed by atoms with Gasteiger partial charge in [0.15, 0.2) is 0 Å². The Morgan fingerprint density at radius 3 is 2.75 bits per heavy atom. The predicted molar refractivity (Wildman–Crippen MR) is 59.2 cm³/mol. The van der Waals surface area contributed by atoms with Crippen molar-refractivity contribution in [3.8, 4) is 5.75 Å². The molecule has 1 aromatic heterocycles. The predicted octanol–water partition coefficient (Wildman–Crippen LogP) is 1.92. The number of ether oxygens (including phenoxy) is 1. The Bertz CT molecular complexity index is 610. The first-order valence-electron chi connectivity index (χ1n) is 4.74. The molecule has 0 aliphatic heterocycles. The van der Waals surface area contributed by atoms with Crippen molar-refractivity contribution >= 4 is 17.3 Å². The molecule has 0 N–H and O–H groups in total. The highest BCUT2D eigenvalue weighted by Gasteiger charge is 2.11. The van der Waals surface area contributed by atoms with Crippen LogP contribution in [0.3, 0.4) is 0 Å². The number of rotatable bonds is 2. The SMILES string of the molecule is COc1c(C)c2ccc(C=O)cc2oc1=O. The summed E-state index contributed by atoms with van der Waals surface area (Å²) in [5.41, 5.74) is 1.05. The number of carbonyl (C=O) groups is 1. The lowest BCUT2D eigenvalue weighted by Gasteiger charge is -2.05. The molecule has 0 aliphatic rings. The van der Waals surface area contributed by atoms with Gasteiger partial charge in [0.1, 0.15) is 11.9 Å². The molecule has 4 heteroatoms. The fourth-order valence-corrected chi connectivity index (χ4v) is 1.66. The van der Waals surface area contributed by atoms with E-state index in [-0.39, 0.29) is 5.75 Å². The number of aldehydes is 1. The van der Waals surface area contributed by atoms with E-state index >= 15 is 0 Å². The molecule has 4 nitrogen and oxygen atoms in total. The van der Waals surface area contributed by atoms with Gasteiger partial charge >= 0.3 is 5.63 Å². The molecule has 1 heterocycles. The molecule has 0 spiro atoms. The number of benzene rings is 1. The first kappa shape index (κ1) is 10.4. The van der Waals surface area contributed by atoms with Crippen LogP contribution >= 0.6 is 0 Å². The molecule has 0 saturated heterocycles. The molecular weight excluding hydrogens is 208 g/mol. The number of hydrogen-bond donors (Lipinski definition) is 0. The second kappa shape index (κ2) is 3.81. The van der Waals surface area contributed by atoms with Crippen molar-refractivity contribution in [3.05, 3.63) is 39.7 Å². The summed E-state index contributed by atoms with van der Waals surface area (Å²) in [5.74, 6) is 0.200. The van der Waals surface area contributed by atoms with E-state index in [0.717, 1.165) is 5.39 Å². The minimum Gasteiger partial charge on any atom is -0.490 e. The van der Waals surface area contributed by atoms with Gasteiger partial charge in [0.25, 0.3) is 0 Å². The average Bonchev–Trinajstić information content (AvgIpc) is 2.28. The van der Waals surface area contributed by atoms with Crippen LogP contribution in [0.2, 0.25) is 0 Å². The smallest absolute Gasteiger partial charge is 0.379 e. The van der Waals surface area contributed by atoms with E-state index in [1.807, 2.05) is 0 Å². The molecule has 0 bridgehead atoms. The third kappa shape index (κ3) is 1.48. The van der Waals surface area contributed by atoms with Gasteiger partial charge in [0, 0.05) is 16.5 Å². The maximum atomic E-state index is 11.5. The minimum absolute atomic E-state index is 0.200. The van der Waals surface area contributed by atoms with Crippen LogP contribution in [-0.4, -0.2) is 13.4 Å². The molecule has 1 aromatic carbocycles. The molecule has 0 radical (unpaired) electrons. The summed E-state index contributed by atoms with van der Waals surface area (Å²) in [4.78, 5) is 22.1. The molecule has 0 amide bonds. The van der Waals surface area contributed by atoms with Gasteiger partial charge < -0.3 is 9.15 Å². The quantitative estimate of drug-likeness (QED) is 0.570. The lowest BCUT2D eigenvalue weighted by molar-refractivity contribution is 0.112. The molecule has 2 rings (SSSR count). The summed E-state index contributed by atoms with van der Waals surface area (Å²) in [6, 6.07) is 4.94. The fourth-order valence-electron chi connectivity index (χ4n) is 1.66. The van der Waals surface area contributed by atoms with Crippen molar-refractivity contribution in [2.24, 2.45) is 0 Å². The third-order valence-corrected chi connectivity index (χ3v) is 2.48. The highest BCUT2D eigenvalue weighted by atomic mass is 16.5. The van der Waals surface area contributed by atoms with Gasteiger partial charge in [-0.25, -0.2) is 4.79 Å². The molecule has 16 heavy (non-hydrogen) atoms. The maximum absolute atomic E-state index is 11.5. The van der Waals surface area contributed by atoms with Gasteiger partial charge in [-0.2, -0.15) is 0 Å². The summed E-state index contributed by atoms with van der Waals surface area (Å²) in [6.07, 6.45) is 0.707. The molecule has 0 unspecified atom stereocenters. The van der Waals surface area contributed by atoms with E-state index in [0.29, 0.717) is 23.0 Å². The van der Waals surface area contributed by atoms with Crippen LogP contribution in [0.5, 0.6) is 5.75 Å². The van der Waals surface area contributed by atoms with Gasteiger partial charge in [0.2, 0.25) is 5.75 Å². The van der Waals surface area contributed by atoms with Crippen LogP contribution in [0.25, 0.3) is 11.0 Å². The monoisotopic (exact) mass is 218 g/mol. The molecule has 2 aromatic rings. The first-order chi connectivity index (χ1) is 7.67. The van der Waals surface area contributed by atoms with E-state index in [9.17, 15) is 9.59 Å². The highest BCUT2D eigenvalue weighted by molar-refractivity contribution is 5.88. The molecular formula is C12H10O4. The van der Waals surface area contributed by atoms with Crippen molar-refractivity contribution in [3.63, 3.8) is 0 Å². The number of methoxy groups -OCH3 is 1. The number of carbonyl (C=O) groups excluding carboxylic acids is 1. The zero-order valence-electron chi connectivity index (χ0n) is 8.94.